The minimum atomic E-state index is -2.19. The molecule has 0 saturated carbocycles. The minimum Gasteiger partial charge on any atom is -0.454 e. The summed E-state index contributed by atoms with van der Waals surface area (Å²) in [7, 11) is 1.98. The van der Waals surface area contributed by atoms with Crippen LogP contribution in [0.3, 0.4) is 0 Å². The fourth-order valence-electron chi connectivity index (χ4n) is 6.25. The molecule has 172 valence electrons. The van der Waals surface area contributed by atoms with Crippen LogP contribution in [0.4, 0.5) is 0 Å². The SMILES string of the molecule is [2H]C([2H])([2H])c1c[n+](C)c(-c2c(C)ccc3c2oc2c4ccccc4ccc32)c2c1C(C)(C)CCC2(C)C. The number of furan rings is 1. The van der Waals surface area contributed by atoms with Crippen molar-refractivity contribution < 1.29 is 13.1 Å². The molecule has 6 rings (SSSR count). The van der Waals surface area contributed by atoms with Crippen LogP contribution < -0.4 is 4.57 Å². The van der Waals surface area contributed by atoms with E-state index < -0.39 is 6.85 Å². The van der Waals surface area contributed by atoms with Crippen molar-refractivity contribution in [3.05, 3.63) is 77.0 Å². The van der Waals surface area contributed by atoms with E-state index in [0.29, 0.717) is 5.56 Å². The number of pyridine rings is 1. The summed E-state index contributed by atoms with van der Waals surface area (Å²) in [4.78, 5) is 0. The largest absolute Gasteiger partial charge is 0.454 e. The monoisotopic (exact) mass is 451 g/mol. The molecule has 0 fully saturated rings. The maximum atomic E-state index is 8.42. The Balaban J connectivity index is 1.81. The number of aryl methyl sites for hydroxylation is 3. The Morgan fingerprint density at radius 2 is 1.47 bits per heavy atom. The van der Waals surface area contributed by atoms with Crippen LogP contribution >= 0.6 is 0 Å². The van der Waals surface area contributed by atoms with Crippen LogP contribution in [-0.4, -0.2) is 0 Å². The molecule has 0 spiro atoms. The van der Waals surface area contributed by atoms with Gasteiger partial charge in [0.05, 0.1) is 5.56 Å². The van der Waals surface area contributed by atoms with E-state index in [1.54, 1.807) is 0 Å². The highest BCUT2D eigenvalue weighted by molar-refractivity contribution is 6.17. The molecule has 0 atom stereocenters. The first-order valence-corrected chi connectivity index (χ1v) is 12.2. The summed E-state index contributed by atoms with van der Waals surface area (Å²) in [6, 6.07) is 17.0. The predicted octanol–water partition coefficient (Wildman–Crippen LogP) is 8.20. The van der Waals surface area contributed by atoms with Crippen LogP contribution in [0, 0.1) is 13.8 Å². The summed E-state index contributed by atoms with van der Waals surface area (Å²) in [5, 5.41) is 4.44. The second kappa shape index (κ2) is 6.95. The highest BCUT2D eigenvalue weighted by Gasteiger charge is 2.44. The van der Waals surface area contributed by atoms with Crippen molar-refractivity contribution >= 4 is 32.7 Å². The number of hydrogen-bond donors (Lipinski definition) is 0. The summed E-state index contributed by atoms with van der Waals surface area (Å²) >= 11 is 0. The van der Waals surface area contributed by atoms with E-state index in [4.69, 9.17) is 8.53 Å². The summed E-state index contributed by atoms with van der Waals surface area (Å²) < 4.78 is 34.1. The molecule has 2 heterocycles. The van der Waals surface area contributed by atoms with Crippen molar-refractivity contribution in [1.29, 1.82) is 0 Å². The molecule has 2 nitrogen and oxygen atoms in total. The quantitative estimate of drug-likeness (QED) is 0.235. The summed E-state index contributed by atoms with van der Waals surface area (Å²) in [6.07, 6.45) is 3.79. The molecule has 0 radical (unpaired) electrons. The molecule has 34 heavy (non-hydrogen) atoms. The number of hydrogen-bond acceptors (Lipinski definition) is 1. The van der Waals surface area contributed by atoms with Crippen LogP contribution in [0.2, 0.25) is 0 Å². The fraction of sp³-hybridized carbons (Fsp3) is 0.344. The highest BCUT2D eigenvalue weighted by atomic mass is 16.3. The van der Waals surface area contributed by atoms with Gasteiger partial charge in [0.1, 0.15) is 18.2 Å². The molecular weight excluding hydrogens is 414 g/mol. The topological polar surface area (TPSA) is 17.0 Å². The number of fused-ring (bicyclic) bond motifs is 6. The minimum absolute atomic E-state index is 0.188. The molecule has 2 aromatic heterocycles. The molecule has 0 saturated heterocycles. The molecule has 1 aliphatic rings. The highest BCUT2D eigenvalue weighted by Crippen LogP contribution is 2.51. The van der Waals surface area contributed by atoms with Crippen molar-refractivity contribution in [1.82, 2.24) is 0 Å². The molecule has 5 aromatic rings. The molecule has 1 aliphatic carbocycles. The van der Waals surface area contributed by atoms with E-state index in [9.17, 15) is 0 Å². The number of aromatic nitrogens is 1. The summed E-state index contributed by atoms with van der Waals surface area (Å²) in [5.74, 6) is 0. The second-order valence-corrected chi connectivity index (χ2v) is 11.4. The van der Waals surface area contributed by atoms with Gasteiger partial charge in [-0.15, -0.1) is 0 Å². The maximum Gasteiger partial charge on any atom is 0.220 e. The van der Waals surface area contributed by atoms with Gasteiger partial charge in [-0.3, -0.25) is 0 Å². The zero-order chi connectivity index (χ0) is 26.5. The van der Waals surface area contributed by atoms with Gasteiger partial charge in [-0.2, -0.15) is 0 Å². The predicted molar refractivity (Wildman–Crippen MR) is 143 cm³/mol. The maximum absolute atomic E-state index is 8.42. The average Bonchev–Trinajstić information content (AvgIpc) is 3.20. The van der Waals surface area contributed by atoms with Crippen LogP contribution in [0.15, 0.2) is 59.1 Å². The normalized spacial score (nSPS) is 18.6. The zero-order valence-electron chi connectivity index (χ0n) is 24.0. The van der Waals surface area contributed by atoms with Crippen molar-refractivity contribution in [2.75, 3.05) is 0 Å². The van der Waals surface area contributed by atoms with Gasteiger partial charge in [0.25, 0.3) is 0 Å². The fourth-order valence-corrected chi connectivity index (χ4v) is 6.25. The molecular formula is C32H34NO+. The van der Waals surface area contributed by atoms with E-state index in [0.717, 1.165) is 73.5 Å². The third-order valence-electron chi connectivity index (χ3n) is 8.14. The Bertz CT molecular complexity index is 1740. The molecule has 0 N–H and O–H groups in total. The lowest BCUT2D eigenvalue weighted by atomic mass is 9.61. The molecule has 0 aliphatic heterocycles. The van der Waals surface area contributed by atoms with Crippen molar-refractivity contribution in [3.8, 4) is 11.3 Å². The lowest BCUT2D eigenvalue weighted by molar-refractivity contribution is -0.661. The average molecular weight is 452 g/mol. The van der Waals surface area contributed by atoms with Gasteiger partial charge in [0.2, 0.25) is 5.69 Å². The van der Waals surface area contributed by atoms with Gasteiger partial charge in [-0.05, 0) is 60.0 Å². The molecule has 3 aromatic carbocycles. The molecule has 2 heteroatoms. The van der Waals surface area contributed by atoms with E-state index >= 15 is 0 Å². The molecule has 0 unspecified atom stereocenters. The number of rotatable bonds is 1. The zero-order valence-corrected chi connectivity index (χ0v) is 21.0. The smallest absolute Gasteiger partial charge is 0.220 e. The number of nitrogens with zero attached hydrogens (tertiary/aromatic N) is 1. The first-order chi connectivity index (χ1) is 17.3. The van der Waals surface area contributed by atoms with Gasteiger partial charge in [-0.25, -0.2) is 4.57 Å². The summed E-state index contributed by atoms with van der Waals surface area (Å²) in [5.41, 5.74) is 7.15. The van der Waals surface area contributed by atoms with Crippen LogP contribution in [0.1, 0.15) is 66.9 Å². The lowest BCUT2D eigenvalue weighted by Crippen LogP contribution is -2.42. The third-order valence-corrected chi connectivity index (χ3v) is 8.14. The Morgan fingerprint density at radius 3 is 2.24 bits per heavy atom. The van der Waals surface area contributed by atoms with E-state index in [1.165, 1.54) is 0 Å². The van der Waals surface area contributed by atoms with Gasteiger partial charge in [0.15, 0.2) is 6.20 Å². The summed E-state index contributed by atoms with van der Waals surface area (Å²) in [6.45, 7) is 8.85. The standard InChI is InChI=1S/C32H34NO/c1-19-12-14-24-23-15-13-21-10-8-9-11-22(21)29(23)34-30(24)25(19)28-27-26(20(2)18-33(28)7)31(3,4)16-17-32(27,5)6/h8-15,18H,16-17H2,1-7H3/q+1/i2D3. The second-order valence-electron chi connectivity index (χ2n) is 11.4. The van der Waals surface area contributed by atoms with Crippen molar-refractivity contribution in [2.24, 2.45) is 7.05 Å². The van der Waals surface area contributed by atoms with Crippen LogP contribution in [0.25, 0.3) is 44.0 Å². The Hall–Kier alpha value is -3.13. The number of benzene rings is 3. The van der Waals surface area contributed by atoms with Crippen molar-refractivity contribution in [2.45, 2.75) is 65.1 Å². The van der Waals surface area contributed by atoms with Gasteiger partial charge in [-0.1, -0.05) is 70.2 Å². The van der Waals surface area contributed by atoms with Crippen LogP contribution in [-0.2, 0) is 17.9 Å². The van der Waals surface area contributed by atoms with E-state index in [-0.39, 0.29) is 10.8 Å². The third kappa shape index (κ3) is 2.84. The molecule has 0 amide bonds. The Kier molecular flexibility index (Phi) is 3.72. The van der Waals surface area contributed by atoms with Gasteiger partial charge < -0.3 is 4.42 Å². The van der Waals surface area contributed by atoms with Gasteiger partial charge >= 0.3 is 0 Å². The molecule has 0 bridgehead atoms. The Morgan fingerprint density at radius 1 is 0.794 bits per heavy atom. The van der Waals surface area contributed by atoms with Crippen molar-refractivity contribution in [3.63, 3.8) is 0 Å². The lowest BCUT2D eigenvalue weighted by Gasteiger charge is -2.42. The van der Waals surface area contributed by atoms with Gasteiger partial charge in [0, 0.05) is 31.4 Å². The van der Waals surface area contributed by atoms with Crippen LogP contribution in [0.5, 0.6) is 0 Å². The van der Waals surface area contributed by atoms with E-state index in [1.807, 2.05) is 17.8 Å². The first-order valence-electron chi connectivity index (χ1n) is 13.7. The van der Waals surface area contributed by atoms with E-state index in [2.05, 4.69) is 83.1 Å². The first kappa shape index (κ1) is 18.2. The Labute approximate surface area is 206 Å².